The van der Waals surface area contributed by atoms with Crippen LogP contribution in [-0.2, 0) is 9.53 Å². The fourth-order valence-corrected chi connectivity index (χ4v) is 4.31. The van der Waals surface area contributed by atoms with Gasteiger partial charge in [-0.3, -0.25) is 4.79 Å². The van der Waals surface area contributed by atoms with Crippen molar-refractivity contribution < 1.29 is 9.53 Å². The maximum absolute atomic E-state index is 12.6. The molecule has 4 nitrogen and oxygen atoms in total. The van der Waals surface area contributed by atoms with Gasteiger partial charge in [0.15, 0.2) is 0 Å². The molecule has 0 saturated carbocycles. The molecule has 1 amide bonds. The van der Waals surface area contributed by atoms with E-state index in [9.17, 15) is 4.79 Å². The summed E-state index contributed by atoms with van der Waals surface area (Å²) < 4.78 is 5.91. The van der Waals surface area contributed by atoms with Crippen molar-refractivity contribution in [1.82, 2.24) is 10.2 Å². The first-order chi connectivity index (χ1) is 12.8. The highest BCUT2D eigenvalue weighted by Crippen LogP contribution is 2.42. The van der Waals surface area contributed by atoms with E-state index in [1.807, 2.05) is 0 Å². The zero-order valence-electron chi connectivity index (χ0n) is 20.7. The SMILES string of the molecule is CCCN(CCC(CC)C(C)(C)CC(C)(C)COC(C)C)C(=O)CNC(C)C. The van der Waals surface area contributed by atoms with Crippen LogP contribution in [-0.4, -0.2) is 49.2 Å². The van der Waals surface area contributed by atoms with Gasteiger partial charge in [0.1, 0.15) is 0 Å². The molecule has 1 unspecified atom stereocenters. The summed E-state index contributed by atoms with van der Waals surface area (Å²) >= 11 is 0. The Bertz CT molecular complexity index is 430. The highest BCUT2D eigenvalue weighted by molar-refractivity contribution is 5.78. The van der Waals surface area contributed by atoms with E-state index in [1.54, 1.807) is 0 Å². The normalized spacial score (nSPS) is 14.0. The zero-order valence-corrected chi connectivity index (χ0v) is 20.7. The van der Waals surface area contributed by atoms with Crippen molar-refractivity contribution in [3.63, 3.8) is 0 Å². The minimum Gasteiger partial charge on any atom is -0.378 e. The molecule has 0 radical (unpaired) electrons. The van der Waals surface area contributed by atoms with E-state index in [-0.39, 0.29) is 22.8 Å². The predicted molar refractivity (Wildman–Crippen MR) is 122 cm³/mol. The average Bonchev–Trinajstić information content (AvgIpc) is 2.56. The Balaban J connectivity index is 4.90. The van der Waals surface area contributed by atoms with Gasteiger partial charge >= 0.3 is 0 Å². The van der Waals surface area contributed by atoms with Crippen LogP contribution in [0.1, 0.15) is 94.9 Å². The number of carbonyl (C=O) groups is 1. The lowest BCUT2D eigenvalue weighted by molar-refractivity contribution is -0.130. The first kappa shape index (κ1) is 27.4. The molecule has 0 aliphatic heterocycles. The first-order valence-corrected chi connectivity index (χ1v) is 11.5. The summed E-state index contributed by atoms with van der Waals surface area (Å²) in [5.41, 5.74) is 0.372. The van der Waals surface area contributed by atoms with Crippen molar-refractivity contribution in [2.75, 3.05) is 26.2 Å². The van der Waals surface area contributed by atoms with Gasteiger partial charge in [-0.05, 0) is 49.9 Å². The molecule has 0 aliphatic carbocycles. The molecule has 0 fully saturated rings. The Labute approximate surface area is 176 Å². The Hall–Kier alpha value is -0.610. The summed E-state index contributed by atoms with van der Waals surface area (Å²) in [6, 6.07) is 0.338. The molecule has 4 heteroatoms. The third-order valence-corrected chi connectivity index (χ3v) is 5.59. The maximum Gasteiger partial charge on any atom is 0.236 e. The van der Waals surface area contributed by atoms with Crippen molar-refractivity contribution in [3.8, 4) is 0 Å². The van der Waals surface area contributed by atoms with Crippen molar-refractivity contribution in [1.29, 1.82) is 0 Å². The van der Waals surface area contributed by atoms with E-state index in [2.05, 4.69) is 79.5 Å². The van der Waals surface area contributed by atoms with Crippen molar-refractivity contribution in [2.24, 2.45) is 16.7 Å². The number of nitrogens with zero attached hydrogens (tertiary/aromatic N) is 1. The number of nitrogens with one attached hydrogen (secondary N) is 1. The summed E-state index contributed by atoms with van der Waals surface area (Å²) in [4.78, 5) is 14.7. The Kier molecular flexibility index (Phi) is 12.6. The van der Waals surface area contributed by atoms with Crippen LogP contribution in [0.3, 0.4) is 0 Å². The summed E-state index contributed by atoms with van der Waals surface area (Å²) in [5, 5.41) is 3.27. The van der Waals surface area contributed by atoms with Gasteiger partial charge in [-0.25, -0.2) is 0 Å². The molecule has 0 aliphatic rings. The van der Waals surface area contributed by atoms with Gasteiger partial charge < -0.3 is 15.0 Å². The van der Waals surface area contributed by atoms with Crippen molar-refractivity contribution in [2.45, 2.75) is 107 Å². The fraction of sp³-hybridized carbons (Fsp3) is 0.958. The van der Waals surface area contributed by atoms with Gasteiger partial charge in [-0.15, -0.1) is 0 Å². The molecule has 168 valence electrons. The monoisotopic (exact) mass is 398 g/mol. The highest BCUT2D eigenvalue weighted by Gasteiger charge is 2.35. The van der Waals surface area contributed by atoms with Gasteiger partial charge in [-0.1, -0.05) is 61.8 Å². The second kappa shape index (κ2) is 12.8. The molecule has 0 aromatic rings. The summed E-state index contributed by atoms with van der Waals surface area (Å²) in [7, 11) is 0. The molecule has 1 atom stereocenters. The van der Waals surface area contributed by atoms with E-state index in [0.29, 0.717) is 18.5 Å². The smallest absolute Gasteiger partial charge is 0.236 e. The third-order valence-electron chi connectivity index (χ3n) is 5.59. The highest BCUT2D eigenvalue weighted by atomic mass is 16.5. The molecule has 0 aromatic carbocycles. The average molecular weight is 399 g/mol. The number of hydrogen-bond acceptors (Lipinski definition) is 3. The fourth-order valence-electron chi connectivity index (χ4n) is 4.31. The minimum absolute atomic E-state index is 0.154. The van der Waals surface area contributed by atoms with Crippen LogP contribution in [0.15, 0.2) is 0 Å². The van der Waals surface area contributed by atoms with Gasteiger partial charge in [0.2, 0.25) is 5.91 Å². The van der Waals surface area contributed by atoms with Crippen LogP contribution in [0, 0.1) is 16.7 Å². The minimum atomic E-state index is 0.154. The van der Waals surface area contributed by atoms with E-state index < -0.39 is 0 Å². The number of hydrogen-bond donors (Lipinski definition) is 1. The van der Waals surface area contributed by atoms with E-state index >= 15 is 0 Å². The van der Waals surface area contributed by atoms with Crippen LogP contribution in [0.25, 0.3) is 0 Å². The molecule has 0 spiro atoms. The Morgan fingerprint density at radius 2 is 1.64 bits per heavy atom. The van der Waals surface area contributed by atoms with Crippen LogP contribution in [0.5, 0.6) is 0 Å². The third kappa shape index (κ3) is 11.4. The molecule has 0 rings (SSSR count). The number of rotatable bonds is 15. The quantitative estimate of drug-likeness (QED) is 0.395. The molecule has 0 bridgehead atoms. The Morgan fingerprint density at radius 1 is 1.04 bits per heavy atom. The van der Waals surface area contributed by atoms with Crippen LogP contribution >= 0.6 is 0 Å². The zero-order chi connectivity index (χ0) is 22.0. The van der Waals surface area contributed by atoms with Crippen LogP contribution in [0.2, 0.25) is 0 Å². The Morgan fingerprint density at radius 3 is 2.11 bits per heavy atom. The molecule has 0 heterocycles. The van der Waals surface area contributed by atoms with Crippen LogP contribution < -0.4 is 5.32 Å². The van der Waals surface area contributed by atoms with Gasteiger partial charge in [0.25, 0.3) is 0 Å². The molecule has 0 aromatic heterocycles. The van der Waals surface area contributed by atoms with E-state index in [1.165, 1.54) is 0 Å². The van der Waals surface area contributed by atoms with Gasteiger partial charge in [0.05, 0.1) is 19.3 Å². The number of amides is 1. The first-order valence-electron chi connectivity index (χ1n) is 11.5. The van der Waals surface area contributed by atoms with Crippen molar-refractivity contribution in [3.05, 3.63) is 0 Å². The van der Waals surface area contributed by atoms with E-state index in [4.69, 9.17) is 4.74 Å². The standard InChI is InChI=1S/C24H50N2O2/c1-11-14-26(22(27)16-25-19(3)4)15-13-21(12-2)24(9,10)17-23(7,8)18-28-20(5)6/h19-21,25H,11-18H2,1-10H3. The van der Waals surface area contributed by atoms with Crippen LogP contribution in [0.4, 0.5) is 0 Å². The summed E-state index contributed by atoms with van der Waals surface area (Å²) in [5.74, 6) is 0.824. The second-order valence-corrected chi connectivity index (χ2v) is 10.5. The predicted octanol–water partition coefficient (Wildman–Crippen LogP) is 5.51. The van der Waals surface area contributed by atoms with Crippen molar-refractivity contribution >= 4 is 5.91 Å². The summed E-state index contributed by atoms with van der Waals surface area (Å²) in [6.45, 7) is 25.2. The lowest BCUT2D eigenvalue weighted by Crippen LogP contribution is -2.42. The lowest BCUT2D eigenvalue weighted by Gasteiger charge is -2.41. The second-order valence-electron chi connectivity index (χ2n) is 10.5. The van der Waals surface area contributed by atoms with E-state index in [0.717, 1.165) is 45.4 Å². The molecular formula is C24H50N2O2. The largest absolute Gasteiger partial charge is 0.378 e. The molecular weight excluding hydrogens is 348 g/mol. The maximum atomic E-state index is 12.6. The molecule has 28 heavy (non-hydrogen) atoms. The topological polar surface area (TPSA) is 41.6 Å². The number of carbonyl (C=O) groups excluding carboxylic acids is 1. The van der Waals surface area contributed by atoms with Gasteiger partial charge in [0, 0.05) is 19.1 Å². The lowest BCUT2D eigenvalue weighted by atomic mass is 9.66. The van der Waals surface area contributed by atoms with Gasteiger partial charge in [-0.2, -0.15) is 0 Å². The molecule has 0 saturated heterocycles. The molecule has 1 N–H and O–H groups in total. The summed E-state index contributed by atoms with van der Waals surface area (Å²) in [6.07, 6.45) is 4.62. The number of ether oxygens (including phenoxy) is 1.